The molecule has 4 rings (SSSR count). The third kappa shape index (κ3) is 3.35. The van der Waals surface area contributed by atoms with Crippen LogP contribution in [-0.2, 0) is 0 Å². The van der Waals surface area contributed by atoms with Crippen LogP contribution in [0.2, 0.25) is 0 Å². The van der Waals surface area contributed by atoms with Gasteiger partial charge in [-0.15, -0.1) is 11.3 Å². The Kier molecular flexibility index (Phi) is 4.48. The van der Waals surface area contributed by atoms with Crippen molar-refractivity contribution in [3.8, 4) is 0 Å². The molecule has 1 unspecified atom stereocenters. The number of benzene rings is 2. The molecule has 23 heavy (non-hydrogen) atoms. The highest BCUT2D eigenvalue weighted by Crippen LogP contribution is 2.41. The molecule has 1 heteroatoms. The lowest BCUT2D eigenvalue weighted by Gasteiger charge is -2.26. The van der Waals surface area contributed by atoms with Crippen molar-refractivity contribution in [1.29, 1.82) is 0 Å². The smallest absolute Gasteiger partial charge is 0.0345 e. The topological polar surface area (TPSA) is 0 Å². The average Bonchev–Trinajstić information content (AvgIpc) is 3.05. The van der Waals surface area contributed by atoms with Gasteiger partial charge in [-0.1, -0.05) is 80.6 Å². The van der Waals surface area contributed by atoms with Gasteiger partial charge in [-0.3, -0.25) is 0 Å². The monoisotopic (exact) mass is 320 g/mol. The molecule has 1 heterocycles. The van der Waals surface area contributed by atoms with E-state index < -0.39 is 0 Å². The van der Waals surface area contributed by atoms with E-state index in [1.54, 1.807) is 4.88 Å². The third-order valence-corrected chi connectivity index (χ3v) is 6.51. The summed E-state index contributed by atoms with van der Waals surface area (Å²) >= 11 is 1.99. The van der Waals surface area contributed by atoms with E-state index in [1.165, 1.54) is 54.2 Å². The normalized spacial score (nSPS) is 17.4. The maximum absolute atomic E-state index is 2.43. The van der Waals surface area contributed by atoms with Crippen molar-refractivity contribution in [1.82, 2.24) is 0 Å². The zero-order valence-corrected chi connectivity index (χ0v) is 14.4. The van der Waals surface area contributed by atoms with E-state index in [0.717, 1.165) is 5.92 Å². The molecule has 0 bridgehead atoms. The van der Waals surface area contributed by atoms with Crippen molar-refractivity contribution in [2.75, 3.05) is 0 Å². The van der Waals surface area contributed by atoms with Crippen LogP contribution in [0.5, 0.6) is 0 Å². The average molecular weight is 321 g/mol. The van der Waals surface area contributed by atoms with E-state index in [0.29, 0.717) is 5.92 Å². The number of rotatable bonds is 4. The van der Waals surface area contributed by atoms with E-state index in [2.05, 4.69) is 60.7 Å². The molecule has 1 atom stereocenters. The summed E-state index contributed by atoms with van der Waals surface area (Å²) in [6.45, 7) is 0. The van der Waals surface area contributed by atoms with E-state index >= 15 is 0 Å². The molecule has 118 valence electrons. The molecule has 1 saturated carbocycles. The molecule has 1 fully saturated rings. The number of hydrogen-bond donors (Lipinski definition) is 0. The summed E-state index contributed by atoms with van der Waals surface area (Å²) in [4.78, 5) is 1.54. The molecule has 0 saturated heterocycles. The van der Waals surface area contributed by atoms with Gasteiger partial charge in [0.15, 0.2) is 0 Å². The van der Waals surface area contributed by atoms with Crippen LogP contribution in [0.4, 0.5) is 0 Å². The Hall–Kier alpha value is -1.60. The van der Waals surface area contributed by atoms with Crippen molar-refractivity contribution in [3.63, 3.8) is 0 Å². The minimum Gasteiger partial charge on any atom is -0.140 e. The maximum Gasteiger partial charge on any atom is 0.0345 e. The summed E-state index contributed by atoms with van der Waals surface area (Å²) in [6, 6.07) is 22.4. The van der Waals surface area contributed by atoms with Crippen LogP contribution < -0.4 is 0 Å². The number of hydrogen-bond acceptors (Lipinski definition) is 1. The molecule has 0 spiro atoms. The molecule has 0 amide bonds. The zero-order chi connectivity index (χ0) is 15.5. The van der Waals surface area contributed by atoms with Crippen LogP contribution in [0.15, 0.2) is 60.7 Å². The first kappa shape index (κ1) is 15.0. The SMILES string of the molecule is c1ccc(C(CC2CCCCC2)c2cc3ccccc3s2)cc1. The highest BCUT2D eigenvalue weighted by Gasteiger charge is 2.23. The Morgan fingerprint density at radius 3 is 2.39 bits per heavy atom. The van der Waals surface area contributed by atoms with E-state index in [4.69, 9.17) is 0 Å². The second-order valence-corrected chi connectivity index (χ2v) is 8.00. The number of thiophene rings is 1. The molecule has 1 aromatic heterocycles. The van der Waals surface area contributed by atoms with Gasteiger partial charge in [0.05, 0.1) is 0 Å². The van der Waals surface area contributed by atoms with Gasteiger partial charge >= 0.3 is 0 Å². The van der Waals surface area contributed by atoms with Crippen LogP contribution >= 0.6 is 11.3 Å². The molecule has 0 radical (unpaired) electrons. The van der Waals surface area contributed by atoms with Crippen LogP contribution in [-0.4, -0.2) is 0 Å². The highest BCUT2D eigenvalue weighted by atomic mass is 32.1. The molecular formula is C22H24S. The van der Waals surface area contributed by atoms with E-state index in [9.17, 15) is 0 Å². The van der Waals surface area contributed by atoms with Crippen molar-refractivity contribution in [2.45, 2.75) is 44.4 Å². The predicted octanol–water partition coefficient (Wildman–Crippen LogP) is 7.00. The standard InChI is InChI=1S/C22H24S/c1-3-9-17(10-4-1)15-20(18-11-5-2-6-12-18)22-16-19-13-7-8-14-21(19)23-22/h2,5-8,11-14,16-17,20H,1,3-4,9-10,15H2. The molecular weight excluding hydrogens is 296 g/mol. The van der Waals surface area contributed by atoms with Crippen LogP contribution in [0.25, 0.3) is 10.1 Å². The van der Waals surface area contributed by atoms with Crippen LogP contribution in [0, 0.1) is 5.92 Å². The summed E-state index contributed by atoms with van der Waals surface area (Å²) < 4.78 is 1.42. The first-order valence-corrected chi connectivity index (χ1v) is 9.75. The Bertz CT molecular complexity index is 717. The molecule has 2 aromatic carbocycles. The van der Waals surface area contributed by atoms with Crippen molar-refractivity contribution >= 4 is 21.4 Å². The quantitative estimate of drug-likeness (QED) is 0.485. The highest BCUT2D eigenvalue weighted by molar-refractivity contribution is 7.19. The molecule has 0 nitrogen and oxygen atoms in total. The third-order valence-electron chi connectivity index (χ3n) is 5.28. The number of fused-ring (bicyclic) bond motifs is 1. The Balaban J connectivity index is 1.68. The van der Waals surface area contributed by atoms with Gasteiger partial charge in [-0.05, 0) is 35.4 Å². The minimum absolute atomic E-state index is 0.566. The molecule has 1 aliphatic carbocycles. The Morgan fingerprint density at radius 2 is 1.61 bits per heavy atom. The first-order valence-electron chi connectivity index (χ1n) is 8.93. The van der Waals surface area contributed by atoms with Crippen molar-refractivity contribution in [3.05, 3.63) is 71.1 Å². The first-order chi connectivity index (χ1) is 11.4. The lowest BCUT2D eigenvalue weighted by molar-refractivity contribution is 0.328. The minimum atomic E-state index is 0.566. The molecule has 0 aliphatic heterocycles. The fraction of sp³-hybridized carbons (Fsp3) is 0.364. The van der Waals surface area contributed by atoms with Crippen molar-refractivity contribution < 1.29 is 0 Å². The van der Waals surface area contributed by atoms with Gasteiger partial charge in [0.2, 0.25) is 0 Å². The summed E-state index contributed by atoms with van der Waals surface area (Å²) in [5, 5.41) is 1.40. The van der Waals surface area contributed by atoms with Crippen molar-refractivity contribution in [2.24, 2.45) is 5.92 Å². The lowest BCUT2D eigenvalue weighted by atomic mass is 9.80. The summed E-state index contributed by atoms with van der Waals surface area (Å²) in [5.41, 5.74) is 1.49. The van der Waals surface area contributed by atoms with Gasteiger partial charge in [0.25, 0.3) is 0 Å². The molecule has 3 aromatic rings. The second kappa shape index (κ2) is 6.88. The van der Waals surface area contributed by atoms with Crippen LogP contribution in [0.1, 0.15) is 54.9 Å². The van der Waals surface area contributed by atoms with Gasteiger partial charge < -0.3 is 0 Å². The van der Waals surface area contributed by atoms with Gasteiger partial charge in [-0.25, -0.2) is 0 Å². The Morgan fingerprint density at radius 1 is 0.870 bits per heavy atom. The molecule has 0 N–H and O–H groups in total. The van der Waals surface area contributed by atoms with Gasteiger partial charge in [0.1, 0.15) is 0 Å². The summed E-state index contributed by atoms with van der Waals surface area (Å²) in [5.74, 6) is 1.47. The largest absolute Gasteiger partial charge is 0.140 e. The summed E-state index contributed by atoms with van der Waals surface area (Å²) in [6.07, 6.45) is 8.46. The summed E-state index contributed by atoms with van der Waals surface area (Å²) in [7, 11) is 0. The fourth-order valence-corrected chi connectivity index (χ4v) is 5.24. The fourth-order valence-electron chi connectivity index (χ4n) is 4.03. The Labute approximate surface area is 143 Å². The van der Waals surface area contributed by atoms with E-state index in [1.807, 2.05) is 11.3 Å². The maximum atomic E-state index is 2.43. The van der Waals surface area contributed by atoms with Gasteiger partial charge in [-0.2, -0.15) is 0 Å². The van der Waals surface area contributed by atoms with E-state index in [-0.39, 0.29) is 0 Å². The van der Waals surface area contributed by atoms with Gasteiger partial charge in [0, 0.05) is 15.5 Å². The van der Waals surface area contributed by atoms with Crippen LogP contribution in [0.3, 0.4) is 0 Å². The lowest BCUT2D eigenvalue weighted by Crippen LogP contribution is -2.11. The zero-order valence-electron chi connectivity index (χ0n) is 13.6. The predicted molar refractivity (Wildman–Crippen MR) is 101 cm³/mol. The second-order valence-electron chi connectivity index (χ2n) is 6.89. The molecule has 1 aliphatic rings.